The van der Waals surface area contributed by atoms with E-state index in [1.165, 1.54) is 6.08 Å². The molecule has 0 aliphatic heterocycles. The zero-order chi connectivity index (χ0) is 15.7. The molecule has 5 heteroatoms. The maximum atomic E-state index is 13.2. The molecule has 2 aromatic rings. The summed E-state index contributed by atoms with van der Waals surface area (Å²) >= 11 is 0. The molecule has 0 aromatic carbocycles. The number of aromatic nitrogens is 2. The molecule has 1 N–H and O–H groups in total. The summed E-state index contributed by atoms with van der Waals surface area (Å²) in [7, 11) is 1.60. The summed E-state index contributed by atoms with van der Waals surface area (Å²) in [6.07, 6.45) is 9.13. The second-order valence-corrected chi connectivity index (χ2v) is 5.90. The van der Waals surface area contributed by atoms with Gasteiger partial charge in [0.2, 0.25) is 0 Å². The number of hydrogen-bond donors (Lipinski definition) is 1. The van der Waals surface area contributed by atoms with E-state index in [0.717, 1.165) is 5.52 Å². The monoisotopic (exact) mass is 299 g/mol. The number of nitrogens with zero attached hydrogens (tertiary/aromatic N) is 2. The van der Waals surface area contributed by atoms with Crippen molar-refractivity contribution in [3.05, 3.63) is 54.1 Å². The van der Waals surface area contributed by atoms with Crippen molar-refractivity contribution in [1.29, 1.82) is 0 Å². The summed E-state index contributed by atoms with van der Waals surface area (Å²) in [5.41, 5.74) is 1.97. The van der Waals surface area contributed by atoms with Gasteiger partial charge in [-0.3, -0.25) is 9.78 Å². The number of halogens is 1. The Morgan fingerprint density at radius 3 is 3.05 bits per heavy atom. The highest BCUT2D eigenvalue weighted by atomic mass is 19.1. The van der Waals surface area contributed by atoms with E-state index in [1.54, 1.807) is 19.3 Å². The Morgan fingerprint density at radius 2 is 2.36 bits per heavy atom. The molecule has 4 nitrogen and oxygen atoms in total. The lowest BCUT2D eigenvalue weighted by atomic mass is 9.83. The normalized spacial score (nSPS) is 21.0. The van der Waals surface area contributed by atoms with E-state index in [-0.39, 0.29) is 17.1 Å². The molecule has 2 aromatic heterocycles. The second kappa shape index (κ2) is 5.40. The zero-order valence-corrected chi connectivity index (χ0v) is 12.6. The number of amides is 1. The molecule has 1 unspecified atom stereocenters. The van der Waals surface area contributed by atoms with Crippen LogP contribution in [0, 0.1) is 5.41 Å². The van der Waals surface area contributed by atoms with E-state index in [9.17, 15) is 9.18 Å². The fourth-order valence-electron chi connectivity index (χ4n) is 2.81. The van der Waals surface area contributed by atoms with Gasteiger partial charge in [-0.15, -0.1) is 0 Å². The Morgan fingerprint density at radius 1 is 1.55 bits per heavy atom. The molecule has 0 fully saturated rings. The highest BCUT2D eigenvalue weighted by molar-refractivity contribution is 6.05. The van der Waals surface area contributed by atoms with Gasteiger partial charge in [-0.25, -0.2) is 4.39 Å². The van der Waals surface area contributed by atoms with Crippen LogP contribution in [0.2, 0.25) is 0 Å². The zero-order valence-electron chi connectivity index (χ0n) is 12.6. The van der Waals surface area contributed by atoms with Crippen LogP contribution in [-0.4, -0.2) is 22.5 Å². The molecular weight excluding hydrogens is 281 g/mol. The molecule has 114 valence electrons. The minimum atomic E-state index is -0.192. The van der Waals surface area contributed by atoms with Gasteiger partial charge in [0.15, 0.2) is 0 Å². The van der Waals surface area contributed by atoms with Crippen LogP contribution in [0.5, 0.6) is 0 Å². The maximum absolute atomic E-state index is 13.2. The average molecular weight is 299 g/mol. The van der Waals surface area contributed by atoms with Crippen molar-refractivity contribution in [3.63, 3.8) is 0 Å². The molecule has 2 heterocycles. The Bertz CT molecular complexity index is 790. The van der Waals surface area contributed by atoms with E-state index in [1.807, 2.05) is 29.0 Å². The first kappa shape index (κ1) is 14.5. The van der Waals surface area contributed by atoms with Gasteiger partial charge in [0.1, 0.15) is 11.3 Å². The van der Waals surface area contributed by atoms with Crippen molar-refractivity contribution in [2.24, 2.45) is 5.41 Å². The van der Waals surface area contributed by atoms with E-state index < -0.39 is 0 Å². The van der Waals surface area contributed by atoms with Crippen LogP contribution in [0.4, 0.5) is 4.39 Å². The van der Waals surface area contributed by atoms with E-state index in [2.05, 4.69) is 17.2 Å². The van der Waals surface area contributed by atoms with Gasteiger partial charge in [0.25, 0.3) is 5.91 Å². The Hall–Kier alpha value is -2.43. The maximum Gasteiger partial charge on any atom is 0.254 e. The molecule has 22 heavy (non-hydrogen) atoms. The van der Waals surface area contributed by atoms with Crippen molar-refractivity contribution in [2.75, 3.05) is 7.05 Å². The van der Waals surface area contributed by atoms with Crippen LogP contribution in [0.15, 0.2) is 48.6 Å². The lowest BCUT2D eigenvalue weighted by Gasteiger charge is -2.27. The number of carbonyl (C=O) groups is 1. The SMILES string of the molecule is CNC(=O)c1cn(CC2(C)C=CC(F)=CC2)c2cccnc12. The van der Waals surface area contributed by atoms with Gasteiger partial charge in [0, 0.05) is 31.4 Å². The molecule has 1 atom stereocenters. The van der Waals surface area contributed by atoms with Crippen LogP contribution in [-0.2, 0) is 6.54 Å². The number of allylic oxidation sites excluding steroid dienone is 4. The first-order valence-corrected chi connectivity index (χ1v) is 7.23. The summed E-state index contributed by atoms with van der Waals surface area (Å²) in [6, 6.07) is 3.80. The quantitative estimate of drug-likeness (QED) is 0.946. The molecule has 1 aliphatic rings. The van der Waals surface area contributed by atoms with Crippen molar-refractivity contribution in [2.45, 2.75) is 19.9 Å². The predicted octanol–water partition coefficient (Wildman–Crippen LogP) is 3.22. The second-order valence-electron chi connectivity index (χ2n) is 5.90. The summed E-state index contributed by atoms with van der Waals surface area (Å²) in [5, 5.41) is 2.64. The van der Waals surface area contributed by atoms with Crippen molar-refractivity contribution >= 4 is 16.9 Å². The third-order valence-electron chi connectivity index (χ3n) is 4.05. The minimum Gasteiger partial charge on any atom is -0.355 e. The molecule has 0 radical (unpaired) electrons. The molecule has 0 saturated heterocycles. The van der Waals surface area contributed by atoms with Gasteiger partial charge in [-0.2, -0.15) is 0 Å². The summed E-state index contributed by atoms with van der Waals surface area (Å²) in [5.74, 6) is -0.347. The number of rotatable bonds is 3. The van der Waals surface area contributed by atoms with Crippen LogP contribution in [0.3, 0.4) is 0 Å². The first-order valence-electron chi connectivity index (χ1n) is 7.23. The van der Waals surface area contributed by atoms with Gasteiger partial charge in [-0.05, 0) is 30.7 Å². The van der Waals surface area contributed by atoms with Gasteiger partial charge >= 0.3 is 0 Å². The standard InChI is InChI=1S/C17H18FN3O/c1-17(7-5-12(18)6-8-17)11-21-10-13(16(22)19-2)15-14(21)4-3-9-20-15/h3-7,9-10H,8,11H2,1-2H3,(H,19,22). The van der Waals surface area contributed by atoms with Gasteiger partial charge < -0.3 is 9.88 Å². The first-order chi connectivity index (χ1) is 10.5. The molecule has 1 amide bonds. The minimum absolute atomic E-state index is 0.155. The number of fused-ring (bicyclic) bond motifs is 1. The topological polar surface area (TPSA) is 46.9 Å². The Labute approximate surface area is 128 Å². The van der Waals surface area contributed by atoms with Crippen LogP contribution in [0.25, 0.3) is 11.0 Å². The van der Waals surface area contributed by atoms with Gasteiger partial charge in [0.05, 0.1) is 11.1 Å². The third kappa shape index (κ3) is 2.54. The highest BCUT2D eigenvalue weighted by Crippen LogP contribution is 2.33. The van der Waals surface area contributed by atoms with E-state index in [4.69, 9.17) is 0 Å². The number of pyridine rings is 1. The molecule has 1 aliphatic carbocycles. The molecule has 0 saturated carbocycles. The number of nitrogens with one attached hydrogen (secondary N) is 1. The van der Waals surface area contributed by atoms with E-state index >= 15 is 0 Å². The Balaban J connectivity index is 2.01. The van der Waals surface area contributed by atoms with E-state index in [0.29, 0.717) is 24.0 Å². The Kier molecular flexibility index (Phi) is 3.56. The van der Waals surface area contributed by atoms with Gasteiger partial charge in [-0.1, -0.05) is 13.0 Å². The fourth-order valence-corrected chi connectivity index (χ4v) is 2.81. The molecular formula is C17H18FN3O. The average Bonchev–Trinajstić information content (AvgIpc) is 2.88. The molecule has 0 spiro atoms. The van der Waals surface area contributed by atoms with Crippen LogP contribution < -0.4 is 5.32 Å². The third-order valence-corrected chi connectivity index (χ3v) is 4.05. The predicted molar refractivity (Wildman–Crippen MR) is 84.2 cm³/mol. The fraction of sp³-hybridized carbons (Fsp3) is 0.294. The largest absolute Gasteiger partial charge is 0.355 e. The lowest BCUT2D eigenvalue weighted by molar-refractivity contribution is 0.0964. The number of carbonyl (C=O) groups excluding carboxylic acids is 1. The number of hydrogen-bond acceptors (Lipinski definition) is 2. The summed E-state index contributed by atoms with van der Waals surface area (Å²) in [6.45, 7) is 2.74. The smallest absolute Gasteiger partial charge is 0.254 e. The highest BCUT2D eigenvalue weighted by Gasteiger charge is 2.25. The lowest BCUT2D eigenvalue weighted by Crippen LogP contribution is -2.22. The van der Waals surface area contributed by atoms with Crippen LogP contribution in [0.1, 0.15) is 23.7 Å². The summed E-state index contributed by atoms with van der Waals surface area (Å²) in [4.78, 5) is 16.3. The summed E-state index contributed by atoms with van der Waals surface area (Å²) < 4.78 is 15.2. The molecule has 0 bridgehead atoms. The van der Waals surface area contributed by atoms with Crippen molar-refractivity contribution in [3.8, 4) is 0 Å². The van der Waals surface area contributed by atoms with Crippen LogP contribution >= 0.6 is 0 Å². The van der Waals surface area contributed by atoms with Crippen molar-refractivity contribution in [1.82, 2.24) is 14.9 Å². The van der Waals surface area contributed by atoms with Crippen molar-refractivity contribution < 1.29 is 9.18 Å². The molecule has 3 rings (SSSR count).